The van der Waals surface area contributed by atoms with Gasteiger partial charge in [0, 0.05) is 16.4 Å². The number of fused-ring (bicyclic) bond motifs is 1. The molecule has 1 amide bonds. The van der Waals surface area contributed by atoms with Gasteiger partial charge in [-0.2, -0.15) is 0 Å². The fourth-order valence-electron chi connectivity index (χ4n) is 1.99. The monoisotopic (exact) mass is 288 g/mol. The van der Waals surface area contributed by atoms with Crippen molar-refractivity contribution in [2.75, 3.05) is 11.9 Å². The second kappa shape index (κ2) is 4.59. The van der Waals surface area contributed by atoms with Crippen molar-refractivity contribution in [3.63, 3.8) is 0 Å². The van der Waals surface area contributed by atoms with E-state index in [2.05, 4.69) is 31.1 Å². The second-order valence-corrected chi connectivity index (χ2v) is 6.69. The standard InChI is InChI=1S/C15H16N2O2S/c1-15(2,3)14-17-11(8-20-14)9-4-5-12-10(6-9)16-13(18)7-19-12/h4-6,8H,7H2,1-3H3,(H,16,18). The summed E-state index contributed by atoms with van der Waals surface area (Å²) >= 11 is 1.66. The predicted molar refractivity (Wildman–Crippen MR) is 80.4 cm³/mol. The summed E-state index contributed by atoms with van der Waals surface area (Å²) < 4.78 is 5.36. The topological polar surface area (TPSA) is 51.2 Å². The molecule has 0 unspecified atom stereocenters. The van der Waals surface area contributed by atoms with Crippen LogP contribution in [0, 0.1) is 0 Å². The van der Waals surface area contributed by atoms with Gasteiger partial charge < -0.3 is 10.1 Å². The molecule has 0 spiro atoms. The molecule has 0 fully saturated rings. The van der Waals surface area contributed by atoms with Crippen LogP contribution in [0.2, 0.25) is 0 Å². The van der Waals surface area contributed by atoms with Crippen molar-refractivity contribution in [1.29, 1.82) is 0 Å². The van der Waals surface area contributed by atoms with E-state index in [1.807, 2.05) is 23.6 Å². The Bertz CT molecular complexity index is 671. The molecule has 104 valence electrons. The van der Waals surface area contributed by atoms with Crippen molar-refractivity contribution in [2.45, 2.75) is 26.2 Å². The molecule has 2 aromatic rings. The van der Waals surface area contributed by atoms with Gasteiger partial charge in [-0.1, -0.05) is 20.8 Å². The second-order valence-electron chi connectivity index (χ2n) is 5.84. The van der Waals surface area contributed by atoms with E-state index >= 15 is 0 Å². The quantitative estimate of drug-likeness (QED) is 0.874. The van der Waals surface area contributed by atoms with E-state index in [1.54, 1.807) is 11.3 Å². The summed E-state index contributed by atoms with van der Waals surface area (Å²) in [5.41, 5.74) is 2.68. The van der Waals surface area contributed by atoms with Gasteiger partial charge in [0.15, 0.2) is 6.61 Å². The minimum Gasteiger partial charge on any atom is -0.482 e. The first-order valence-electron chi connectivity index (χ1n) is 6.46. The predicted octanol–water partition coefficient (Wildman–Crippen LogP) is 3.44. The third-order valence-corrected chi connectivity index (χ3v) is 4.32. The third kappa shape index (κ3) is 2.41. The molecule has 5 heteroatoms. The molecule has 4 nitrogen and oxygen atoms in total. The number of amides is 1. The Morgan fingerprint density at radius 2 is 2.15 bits per heavy atom. The van der Waals surface area contributed by atoms with Gasteiger partial charge in [-0.05, 0) is 18.2 Å². The van der Waals surface area contributed by atoms with Crippen LogP contribution < -0.4 is 10.1 Å². The number of nitrogens with one attached hydrogen (secondary N) is 1. The van der Waals surface area contributed by atoms with Gasteiger partial charge in [-0.15, -0.1) is 11.3 Å². The van der Waals surface area contributed by atoms with E-state index in [0.717, 1.165) is 16.3 Å². The van der Waals surface area contributed by atoms with Crippen LogP contribution in [0.5, 0.6) is 5.75 Å². The lowest BCUT2D eigenvalue weighted by Gasteiger charge is -2.18. The average Bonchev–Trinajstić information content (AvgIpc) is 2.87. The molecule has 0 aliphatic carbocycles. The fourth-order valence-corrected chi connectivity index (χ4v) is 2.91. The van der Waals surface area contributed by atoms with Gasteiger partial charge in [0.25, 0.3) is 5.91 Å². The zero-order chi connectivity index (χ0) is 14.3. The van der Waals surface area contributed by atoms with Crippen LogP contribution in [-0.4, -0.2) is 17.5 Å². The molecule has 3 rings (SSSR count). The first kappa shape index (κ1) is 13.1. The van der Waals surface area contributed by atoms with E-state index in [0.29, 0.717) is 11.4 Å². The SMILES string of the molecule is CC(C)(C)c1nc(-c2ccc3c(c2)NC(=O)CO3)cs1. The number of carbonyl (C=O) groups is 1. The molecule has 0 radical (unpaired) electrons. The van der Waals surface area contributed by atoms with Gasteiger partial charge in [0.05, 0.1) is 16.4 Å². The first-order valence-corrected chi connectivity index (χ1v) is 7.34. The number of hydrogen-bond acceptors (Lipinski definition) is 4. The molecule has 0 bridgehead atoms. The maximum absolute atomic E-state index is 11.4. The molecule has 0 saturated carbocycles. The molecule has 1 aliphatic rings. The van der Waals surface area contributed by atoms with E-state index in [9.17, 15) is 4.79 Å². The third-order valence-electron chi connectivity index (χ3n) is 3.05. The zero-order valence-corrected chi connectivity index (χ0v) is 12.5. The number of carbonyl (C=O) groups excluding carboxylic acids is 1. The molecule has 1 aliphatic heterocycles. The highest BCUT2D eigenvalue weighted by Crippen LogP contribution is 2.34. The minimum atomic E-state index is -0.122. The zero-order valence-electron chi connectivity index (χ0n) is 11.7. The molecule has 1 aromatic heterocycles. The highest BCUT2D eigenvalue weighted by molar-refractivity contribution is 7.10. The minimum absolute atomic E-state index is 0.0501. The molecule has 0 atom stereocenters. The van der Waals surface area contributed by atoms with Gasteiger partial charge in [-0.3, -0.25) is 4.79 Å². The Morgan fingerprint density at radius 1 is 1.35 bits per heavy atom. The van der Waals surface area contributed by atoms with E-state index in [1.165, 1.54) is 0 Å². The summed E-state index contributed by atoms with van der Waals surface area (Å²) in [6, 6.07) is 5.76. The Hall–Kier alpha value is -1.88. The van der Waals surface area contributed by atoms with Crippen LogP contribution in [-0.2, 0) is 10.2 Å². The first-order chi connectivity index (χ1) is 9.43. The van der Waals surface area contributed by atoms with E-state index < -0.39 is 0 Å². The van der Waals surface area contributed by atoms with Crippen molar-refractivity contribution < 1.29 is 9.53 Å². The summed E-state index contributed by atoms with van der Waals surface area (Å²) in [5, 5.41) is 5.97. The van der Waals surface area contributed by atoms with Crippen molar-refractivity contribution in [3.8, 4) is 17.0 Å². The lowest BCUT2D eigenvalue weighted by Crippen LogP contribution is -2.25. The molecular formula is C15H16N2O2S. The fraction of sp³-hybridized carbons (Fsp3) is 0.333. The van der Waals surface area contributed by atoms with Crippen molar-refractivity contribution in [2.24, 2.45) is 0 Å². The average molecular weight is 288 g/mol. The molecule has 1 N–H and O–H groups in total. The van der Waals surface area contributed by atoms with Crippen molar-refractivity contribution in [3.05, 3.63) is 28.6 Å². The number of anilines is 1. The highest BCUT2D eigenvalue weighted by atomic mass is 32.1. The van der Waals surface area contributed by atoms with Crippen LogP contribution >= 0.6 is 11.3 Å². The summed E-state index contributed by atoms with van der Waals surface area (Å²) in [6.07, 6.45) is 0. The Labute approximate surface area is 121 Å². The number of benzene rings is 1. The summed E-state index contributed by atoms with van der Waals surface area (Å²) in [4.78, 5) is 16.0. The lowest BCUT2D eigenvalue weighted by atomic mass is 9.98. The number of ether oxygens (including phenoxy) is 1. The maximum atomic E-state index is 11.4. The summed E-state index contributed by atoms with van der Waals surface area (Å²) in [5.74, 6) is 0.586. The number of hydrogen-bond donors (Lipinski definition) is 1. The van der Waals surface area contributed by atoms with Crippen LogP contribution in [0.4, 0.5) is 5.69 Å². The van der Waals surface area contributed by atoms with Crippen LogP contribution in [0.15, 0.2) is 23.6 Å². The molecule has 0 saturated heterocycles. The Kier molecular flexibility index (Phi) is 3.01. The van der Waals surface area contributed by atoms with Crippen LogP contribution in [0.25, 0.3) is 11.3 Å². The van der Waals surface area contributed by atoms with Crippen molar-refractivity contribution in [1.82, 2.24) is 4.98 Å². The van der Waals surface area contributed by atoms with Crippen LogP contribution in [0.1, 0.15) is 25.8 Å². The largest absolute Gasteiger partial charge is 0.482 e. The number of aromatic nitrogens is 1. The summed E-state index contributed by atoms with van der Waals surface area (Å²) in [7, 11) is 0. The van der Waals surface area contributed by atoms with Crippen LogP contribution in [0.3, 0.4) is 0 Å². The highest BCUT2D eigenvalue weighted by Gasteiger charge is 2.20. The van der Waals surface area contributed by atoms with Gasteiger partial charge >= 0.3 is 0 Å². The molecule has 20 heavy (non-hydrogen) atoms. The van der Waals surface area contributed by atoms with E-state index in [4.69, 9.17) is 4.74 Å². The number of rotatable bonds is 1. The van der Waals surface area contributed by atoms with Crippen molar-refractivity contribution >= 4 is 22.9 Å². The maximum Gasteiger partial charge on any atom is 0.262 e. The Balaban J connectivity index is 1.97. The smallest absolute Gasteiger partial charge is 0.262 e. The Morgan fingerprint density at radius 3 is 2.85 bits per heavy atom. The van der Waals surface area contributed by atoms with Gasteiger partial charge in [0.2, 0.25) is 0 Å². The molecular weight excluding hydrogens is 272 g/mol. The molecule has 2 heterocycles. The lowest BCUT2D eigenvalue weighted by molar-refractivity contribution is -0.118. The number of nitrogens with zero attached hydrogens (tertiary/aromatic N) is 1. The van der Waals surface area contributed by atoms with Gasteiger partial charge in [0.1, 0.15) is 5.75 Å². The van der Waals surface area contributed by atoms with E-state index in [-0.39, 0.29) is 17.9 Å². The van der Waals surface area contributed by atoms with Gasteiger partial charge in [-0.25, -0.2) is 4.98 Å². The molecule has 1 aromatic carbocycles. The summed E-state index contributed by atoms with van der Waals surface area (Å²) in [6.45, 7) is 6.53. The normalized spacial score (nSPS) is 14.4. The number of thiazole rings is 1.